The Morgan fingerprint density at radius 2 is 1.75 bits per heavy atom. The summed E-state index contributed by atoms with van der Waals surface area (Å²) < 4.78 is 10.6. The van der Waals surface area contributed by atoms with Crippen molar-refractivity contribution in [1.29, 1.82) is 0 Å². The van der Waals surface area contributed by atoms with E-state index in [2.05, 4.69) is 9.88 Å². The first kappa shape index (κ1) is 21.9. The van der Waals surface area contributed by atoms with Gasteiger partial charge in [-0.15, -0.1) is 0 Å². The van der Waals surface area contributed by atoms with Gasteiger partial charge in [-0.25, -0.2) is 4.79 Å². The lowest BCUT2D eigenvalue weighted by atomic mass is 10.2. The van der Waals surface area contributed by atoms with Crippen LogP contribution in [-0.2, 0) is 11.3 Å². The number of aromatic nitrogens is 1. The van der Waals surface area contributed by atoms with Gasteiger partial charge in [0.15, 0.2) is 11.5 Å². The Hall–Kier alpha value is -3.33. The van der Waals surface area contributed by atoms with E-state index in [1.54, 1.807) is 42.3 Å². The Morgan fingerprint density at radius 3 is 2.44 bits per heavy atom. The first-order valence-electron chi connectivity index (χ1n) is 10.8. The standard InChI is InChI=1S/C23H29N5O4/c1-31-20-7-6-19(15-21(20)32-2)28-14-13-27(23(28)30)17-22(29)26-11-9-25(10-12-26)16-18-5-3-4-8-24-18/h3-8,15H,9-14,16-17H2,1-2H3. The van der Waals surface area contributed by atoms with Crippen LogP contribution in [0.5, 0.6) is 11.5 Å². The van der Waals surface area contributed by atoms with E-state index < -0.39 is 0 Å². The third-order valence-electron chi connectivity index (χ3n) is 5.94. The minimum absolute atomic E-state index is 0.00926. The van der Waals surface area contributed by atoms with Crippen LogP contribution < -0.4 is 14.4 Å². The lowest BCUT2D eigenvalue weighted by molar-refractivity contribution is -0.133. The first-order valence-corrected chi connectivity index (χ1v) is 10.8. The number of piperazine rings is 1. The monoisotopic (exact) mass is 439 g/mol. The molecule has 9 heteroatoms. The molecule has 2 aromatic rings. The number of methoxy groups -OCH3 is 2. The van der Waals surface area contributed by atoms with Gasteiger partial charge in [-0.05, 0) is 24.3 Å². The van der Waals surface area contributed by atoms with Crippen LogP contribution in [0.4, 0.5) is 10.5 Å². The molecule has 2 aliphatic heterocycles. The van der Waals surface area contributed by atoms with Crippen LogP contribution in [0.15, 0.2) is 42.6 Å². The SMILES string of the molecule is COc1ccc(N2CCN(CC(=O)N3CCN(Cc4ccccn4)CC3)C2=O)cc1OC. The number of hydrogen-bond acceptors (Lipinski definition) is 6. The molecule has 0 spiro atoms. The van der Waals surface area contributed by atoms with Gasteiger partial charge in [-0.2, -0.15) is 0 Å². The fourth-order valence-corrected chi connectivity index (χ4v) is 4.10. The Bertz CT molecular complexity index is 947. The summed E-state index contributed by atoms with van der Waals surface area (Å²) in [6.07, 6.45) is 1.80. The number of urea groups is 1. The number of carbonyl (C=O) groups is 2. The molecule has 0 N–H and O–H groups in total. The molecule has 1 aromatic heterocycles. The van der Waals surface area contributed by atoms with E-state index in [0.717, 1.165) is 31.0 Å². The van der Waals surface area contributed by atoms with Crippen molar-refractivity contribution < 1.29 is 19.1 Å². The number of anilines is 1. The topological polar surface area (TPSA) is 78.5 Å². The number of carbonyl (C=O) groups excluding carboxylic acids is 2. The van der Waals surface area contributed by atoms with Crippen LogP contribution in [0.1, 0.15) is 5.69 Å². The largest absolute Gasteiger partial charge is 0.493 e. The van der Waals surface area contributed by atoms with Crippen molar-refractivity contribution in [3.8, 4) is 11.5 Å². The summed E-state index contributed by atoms with van der Waals surface area (Å²) in [5.41, 5.74) is 1.76. The highest BCUT2D eigenvalue weighted by atomic mass is 16.5. The van der Waals surface area contributed by atoms with Crippen LogP contribution >= 0.6 is 0 Å². The highest BCUT2D eigenvalue weighted by Crippen LogP contribution is 2.32. The molecule has 4 rings (SSSR count). The molecule has 2 saturated heterocycles. The second kappa shape index (κ2) is 9.86. The van der Waals surface area contributed by atoms with Crippen molar-refractivity contribution in [2.75, 3.05) is 64.9 Å². The van der Waals surface area contributed by atoms with Gasteiger partial charge in [-0.3, -0.25) is 19.6 Å². The molecule has 32 heavy (non-hydrogen) atoms. The molecule has 9 nitrogen and oxygen atoms in total. The average molecular weight is 440 g/mol. The van der Waals surface area contributed by atoms with Gasteiger partial charge in [0.05, 0.1) is 19.9 Å². The smallest absolute Gasteiger partial charge is 0.325 e. The second-order valence-corrected chi connectivity index (χ2v) is 7.87. The number of ether oxygens (including phenoxy) is 2. The Morgan fingerprint density at radius 1 is 0.969 bits per heavy atom. The zero-order valence-electron chi connectivity index (χ0n) is 18.6. The lowest BCUT2D eigenvalue weighted by Crippen LogP contribution is -2.51. The maximum atomic E-state index is 12.9. The van der Waals surface area contributed by atoms with Crippen molar-refractivity contribution in [3.05, 3.63) is 48.3 Å². The number of hydrogen-bond donors (Lipinski definition) is 0. The first-order chi connectivity index (χ1) is 15.6. The molecule has 3 heterocycles. The highest BCUT2D eigenvalue weighted by Gasteiger charge is 2.33. The normalized spacial score (nSPS) is 17.1. The molecule has 170 valence electrons. The van der Waals surface area contributed by atoms with Crippen molar-refractivity contribution >= 4 is 17.6 Å². The van der Waals surface area contributed by atoms with Crippen molar-refractivity contribution in [2.45, 2.75) is 6.54 Å². The molecule has 0 aliphatic carbocycles. The molecule has 2 fully saturated rings. The van der Waals surface area contributed by atoms with Crippen LogP contribution in [0.25, 0.3) is 0 Å². The Labute approximate surface area is 188 Å². The van der Waals surface area contributed by atoms with Crippen LogP contribution in [-0.4, -0.2) is 91.7 Å². The van der Waals surface area contributed by atoms with E-state index in [4.69, 9.17) is 9.47 Å². The molecule has 2 aliphatic rings. The van der Waals surface area contributed by atoms with E-state index in [-0.39, 0.29) is 18.5 Å². The molecule has 3 amide bonds. The predicted molar refractivity (Wildman–Crippen MR) is 120 cm³/mol. The second-order valence-electron chi connectivity index (χ2n) is 7.87. The molecule has 0 bridgehead atoms. The molecule has 1 aromatic carbocycles. The van der Waals surface area contributed by atoms with Gasteiger partial charge in [-0.1, -0.05) is 6.07 Å². The minimum atomic E-state index is -0.167. The third-order valence-corrected chi connectivity index (χ3v) is 5.94. The van der Waals surface area contributed by atoms with E-state index >= 15 is 0 Å². The van der Waals surface area contributed by atoms with Crippen molar-refractivity contribution in [2.24, 2.45) is 0 Å². The highest BCUT2D eigenvalue weighted by molar-refractivity contribution is 5.96. The van der Waals surface area contributed by atoms with E-state index in [0.29, 0.717) is 37.7 Å². The number of benzene rings is 1. The van der Waals surface area contributed by atoms with Gasteiger partial charge in [0, 0.05) is 63.8 Å². The molecule has 0 atom stereocenters. The fraction of sp³-hybridized carbons (Fsp3) is 0.435. The molecule has 0 unspecified atom stereocenters. The van der Waals surface area contributed by atoms with Gasteiger partial charge in [0.1, 0.15) is 6.54 Å². The Kier molecular flexibility index (Phi) is 6.75. The fourth-order valence-electron chi connectivity index (χ4n) is 4.10. The zero-order valence-corrected chi connectivity index (χ0v) is 18.6. The maximum Gasteiger partial charge on any atom is 0.325 e. The number of amides is 3. The van der Waals surface area contributed by atoms with Gasteiger partial charge in [0.2, 0.25) is 5.91 Å². The van der Waals surface area contributed by atoms with E-state index in [1.165, 1.54) is 0 Å². The number of pyridine rings is 1. The molecular weight excluding hydrogens is 410 g/mol. The van der Waals surface area contributed by atoms with Crippen molar-refractivity contribution in [3.63, 3.8) is 0 Å². The van der Waals surface area contributed by atoms with Crippen LogP contribution in [0, 0.1) is 0 Å². The number of nitrogens with zero attached hydrogens (tertiary/aromatic N) is 5. The van der Waals surface area contributed by atoms with Crippen molar-refractivity contribution in [1.82, 2.24) is 19.7 Å². The Balaban J connectivity index is 1.29. The summed E-state index contributed by atoms with van der Waals surface area (Å²) >= 11 is 0. The summed E-state index contributed by atoms with van der Waals surface area (Å²) in [4.78, 5) is 37.6. The lowest BCUT2D eigenvalue weighted by Gasteiger charge is -2.35. The predicted octanol–water partition coefficient (Wildman–Crippen LogP) is 1.69. The summed E-state index contributed by atoms with van der Waals surface area (Å²) in [5.74, 6) is 1.16. The maximum absolute atomic E-state index is 12.9. The molecule has 0 saturated carbocycles. The number of rotatable bonds is 7. The zero-order chi connectivity index (χ0) is 22.5. The summed E-state index contributed by atoms with van der Waals surface area (Å²) in [7, 11) is 3.14. The van der Waals surface area contributed by atoms with Gasteiger partial charge >= 0.3 is 6.03 Å². The summed E-state index contributed by atoms with van der Waals surface area (Å²) in [5, 5.41) is 0. The quantitative estimate of drug-likeness (QED) is 0.653. The molecular formula is C23H29N5O4. The summed E-state index contributed by atoms with van der Waals surface area (Å²) in [6.45, 7) is 4.84. The third kappa shape index (κ3) is 4.77. The average Bonchev–Trinajstić information content (AvgIpc) is 3.19. The van der Waals surface area contributed by atoms with E-state index in [9.17, 15) is 9.59 Å². The van der Waals surface area contributed by atoms with Gasteiger partial charge < -0.3 is 19.3 Å². The minimum Gasteiger partial charge on any atom is -0.493 e. The van der Waals surface area contributed by atoms with Crippen LogP contribution in [0.2, 0.25) is 0 Å². The summed E-state index contributed by atoms with van der Waals surface area (Å²) in [6, 6.07) is 11.1. The van der Waals surface area contributed by atoms with Crippen LogP contribution in [0.3, 0.4) is 0 Å². The van der Waals surface area contributed by atoms with Gasteiger partial charge in [0.25, 0.3) is 0 Å². The molecule has 0 radical (unpaired) electrons. The van der Waals surface area contributed by atoms with E-state index in [1.807, 2.05) is 29.2 Å².